The number of hydrogen-bond donors (Lipinski definition) is 1. The van der Waals surface area contributed by atoms with Crippen molar-refractivity contribution < 1.29 is 17.9 Å². The Kier molecular flexibility index (Phi) is 6.25. The Hall–Kier alpha value is -2.83. The molecule has 0 fully saturated rings. The third kappa shape index (κ3) is 6.07. The summed E-state index contributed by atoms with van der Waals surface area (Å²) in [5, 5.41) is 3.24. The van der Waals surface area contributed by atoms with E-state index >= 15 is 0 Å². The molecule has 0 bridgehead atoms. The number of benzene rings is 3. The minimum atomic E-state index is -3.20. The van der Waals surface area contributed by atoms with E-state index in [4.69, 9.17) is 16.3 Å². The highest BCUT2D eigenvalue weighted by Gasteiger charge is 2.13. The monoisotopic (exact) mass is 429 g/mol. The van der Waals surface area contributed by atoms with Crippen molar-refractivity contribution in [2.45, 2.75) is 12.7 Å². The first-order chi connectivity index (χ1) is 13.7. The van der Waals surface area contributed by atoms with Gasteiger partial charge in [-0.2, -0.15) is 0 Å². The quantitative estimate of drug-likeness (QED) is 0.581. The summed E-state index contributed by atoms with van der Waals surface area (Å²) in [5.41, 5.74) is 2.40. The van der Waals surface area contributed by atoms with E-state index in [1.54, 1.807) is 42.5 Å². The number of amides is 1. The van der Waals surface area contributed by atoms with Gasteiger partial charge in [-0.15, -0.1) is 0 Å². The summed E-state index contributed by atoms with van der Waals surface area (Å²) in [5.74, 6) is 0.548. The summed E-state index contributed by atoms with van der Waals surface area (Å²) >= 11 is 6.09. The van der Waals surface area contributed by atoms with Crippen molar-refractivity contribution in [1.29, 1.82) is 0 Å². The number of hydrogen-bond acceptors (Lipinski definition) is 4. The van der Waals surface area contributed by atoms with Gasteiger partial charge >= 0.3 is 0 Å². The Morgan fingerprint density at radius 1 is 1.03 bits per heavy atom. The fourth-order valence-corrected chi connectivity index (χ4v) is 3.68. The lowest BCUT2D eigenvalue weighted by Gasteiger charge is -2.13. The van der Waals surface area contributed by atoms with Crippen LogP contribution in [0.5, 0.6) is 11.5 Å². The number of nitrogens with one attached hydrogen (secondary N) is 1. The number of anilines is 1. The van der Waals surface area contributed by atoms with Crippen LogP contribution in [0.3, 0.4) is 0 Å². The first-order valence-electron chi connectivity index (χ1n) is 8.82. The van der Waals surface area contributed by atoms with E-state index in [1.807, 2.05) is 31.2 Å². The summed E-state index contributed by atoms with van der Waals surface area (Å²) in [4.78, 5) is 12.7. The summed E-state index contributed by atoms with van der Waals surface area (Å²) < 4.78 is 28.9. The Morgan fingerprint density at radius 2 is 1.76 bits per heavy atom. The molecule has 0 unspecified atom stereocenters. The van der Waals surface area contributed by atoms with Gasteiger partial charge in [-0.1, -0.05) is 41.4 Å². The molecular weight excluding hydrogens is 410 g/mol. The van der Waals surface area contributed by atoms with E-state index in [-0.39, 0.29) is 5.75 Å². The van der Waals surface area contributed by atoms with E-state index in [0.29, 0.717) is 33.3 Å². The van der Waals surface area contributed by atoms with Crippen LogP contribution in [-0.2, 0) is 15.6 Å². The predicted molar refractivity (Wildman–Crippen MR) is 116 cm³/mol. The maximum absolute atomic E-state index is 12.7. The van der Waals surface area contributed by atoms with Crippen LogP contribution < -0.4 is 10.1 Å². The van der Waals surface area contributed by atoms with Crippen LogP contribution in [0.25, 0.3) is 0 Å². The zero-order valence-corrected chi connectivity index (χ0v) is 17.5. The molecule has 0 aliphatic rings. The van der Waals surface area contributed by atoms with Crippen molar-refractivity contribution in [3.8, 4) is 11.5 Å². The van der Waals surface area contributed by atoms with E-state index in [2.05, 4.69) is 5.32 Å². The van der Waals surface area contributed by atoms with Gasteiger partial charge in [-0.3, -0.25) is 4.79 Å². The van der Waals surface area contributed by atoms with Gasteiger partial charge in [0.15, 0.2) is 15.6 Å². The van der Waals surface area contributed by atoms with Gasteiger partial charge in [-0.05, 0) is 55.0 Å². The van der Waals surface area contributed by atoms with E-state index in [0.717, 1.165) is 11.8 Å². The van der Waals surface area contributed by atoms with E-state index in [1.165, 1.54) is 0 Å². The zero-order valence-electron chi connectivity index (χ0n) is 16.0. The maximum Gasteiger partial charge on any atom is 0.255 e. The molecule has 0 saturated heterocycles. The number of sulfone groups is 1. The second-order valence-electron chi connectivity index (χ2n) is 6.78. The summed E-state index contributed by atoms with van der Waals surface area (Å²) in [6.45, 7) is 1.98. The highest BCUT2D eigenvalue weighted by atomic mass is 35.5. The average Bonchev–Trinajstić information content (AvgIpc) is 2.64. The van der Waals surface area contributed by atoms with Crippen molar-refractivity contribution in [3.05, 3.63) is 88.4 Å². The number of carbonyl (C=O) groups is 1. The second kappa shape index (κ2) is 8.68. The number of ether oxygens (including phenoxy) is 1. The molecule has 0 aliphatic carbocycles. The fraction of sp³-hybridized carbons (Fsp3) is 0.136. The van der Waals surface area contributed by atoms with Crippen molar-refractivity contribution in [3.63, 3.8) is 0 Å². The van der Waals surface area contributed by atoms with Crippen molar-refractivity contribution >= 4 is 33.0 Å². The number of halogens is 1. The molecule has 3 aromatic carbocycles. The lowest BCUT2D eigenvalue weighted by Crippen LogP contribution is -2.13. The molecule has 7 heteroatoms. The third-order valence-electron chi connectivity index (χ3n) is 4.06. The first-order valence-corrected chi connectivity index (χ1v) is 11.3. The average molecular weight is 430 g/mol. The normalized spacial score (nSPS) is 11.1. The minimum absolute atomic E-state index is 0.132. The lowest BCUT2D eigenvalue weighted by molar-refractivity contribution is 0.102. The molecule has 5 nitrogen and oxygen atoms in total. The molecule has 1 amide bonds. The molecule has 150 valence electrons. The van der Waals surface area contributed by atoms with Gasteiger partial charge in [0.1, 0.15) is 5.75 Å². The maximum atomic E-state index is 12.7. The Balaban J connectivity index is 1.84. The predicted octanol–water partition coefficient (Wildman–Crippen LogP) is 5.24. The smallest absolute Gasteiger partial charge is 0.255 e. The number of rotatable bonds is 6. The number of carbonyl (C=O) groups excluding carboxylic acids is 1. The molecule has 0 atom stereocenters. The van der Waals surface area contributed by atoms with Crippen LogP contribution in [0.15, 0.2) is 66.7 Å². The highest BCUT2D eigenvalue weighted by Crippen LogP contribution is 2.32. The van der Waals surface area contributed by atoms with Gasteiger partial charge < -0.3 is 10.1 Å². The molecule has 3 aromatic rings. The van der Waals surface area contributed by atoms with Crippen LogP contribution in [0, 0.1) is 6.92 Å². The van der Waals surface area contributed by atoms with Gasteiger partial charge in [0.05, 0.1) is 11.4 Å². The number of aryl methyl sites for hydroxylation is 1. The molecular formula is C22H20ClNO4S. The van der Waals surface area contributed by atoms with Crippen molar-refractivity contribution in [2.75, 3.05) is 11.6 Å². The van der Waals surface area contributed by atoms with Gasteiger partial charge in [0.25, 0.3) is 5.91 Å². The Labute approximate surface area is 175 Å². The second-order valence-corrected chi connectivity index (χ2v) is 9.36. The molecule has 0 radical (unpaired) electrons. The topological polar surface area (TPSA) is 72.5 Å². The van der Waals surface area contributed by atoms with E-state index in [9.17, 15) is 13.2 Å². The molecule has 29 heavy (non-hydrogen) atoms. The van der Waals surface area contributed by atoms with Crippen molar-refractivity contribution in [1.82, 2.24) is 0 Å². The largest absolute Gasteiger partial charge is 0.455 e. The Bertz CT molecular complexity index is 1140. The van der Waals surface area contributed by atoms with Crippen LogP contribution in [0.1, 0.15) is 21.5 Å². The van der Waals surface area contributed by atoms with Crippen LogP contribution >= 0.6 is 11.6 Å². The molecule has 0 aliphatic heterocycles. The van der Waals surface area contributed by atoms with Gasteiger partial charge in [0.2, 0.25) is 0 Å². The standard InChI is InChI=1S/C22H20ClNO4S/c1-15-6-9-19(10-7-15)28-21-11-8-18(23)13-20(21)24-22(25)17-5-3-4-16(12-17)14-29(2,26)27/h3-13H,14H2,1-2H3,(H,24,25). The highest BCUT2D eigenvalue weighted by molar-refractivity contribution is 7.89. The summed E-state index contributed by atoms with van der Waals surface area (Å²) in [6, 6.07) is 19.0. The van der Waals surface area contributed by atoms with Gasteiger partial charge in [-0.25, -0.2) is 8.42 Å². The molecule has 0 spiro atoms. The summed E-state index contributed by atoms with van der Waals surface area (Å²) in [6.07, 6.45) is 1.15. The summed E-state index contributed by atoms with van der Waals surface area (Å²) in [7, 11) is -3.20. The van der Waals surface area contributed by atoms with Crippen LogP contribution in [-0.4, -0.2) is 20.6 Å². The first kappa shape index (κ1) is 20.9. The zero-order chi connectivity index (χ0) is 21.0. The minimum Gasteiger partial charge on any atom is -0.455 e. The van der Waals surface area contributed by atoms with Crippen molar-refractivity contribution in [2.24, 2.45) is 0 Å². The molecule has 0 aromatic heterocycles. The SMILES string of the molecule is Cc1ccc(Oc2ccc(Cl)cc2NC(=O)c2cccc(CS(C)(=O)=O)c2)cc1. The lowest BCUT2D eigenvalue weighted by atomic mass is 10.1. The Morgan fingerprint density at radius 3 is 2.45 bits per heavy atom. The van der Waals surface area contributed by atoms with Gasteiger partial charge in [0, 0.05) is 16.8 Å². The van der Waals surface area contributed by atoms with E-state index < -0.39 is 15.7 Å². The van der Waals surface area contributed by atoms with Crippen LogP contribution in [0.2, 0.25) is 5.02 Å². The molecule has 1 N–H and O–H groups in total. The fourth-order valence-electron chi connectivity index (χ4n) is 2.72. The molecule has 0 heterocycles. The molecule has 3 rings (SSSR count). The molecule has 0 saturated carbocycles. The van der Waals surface area contributed by atoms with Crippen LogP contribution in [0.4, 0.5) is 5.69 Å². The third-order valence-corrected chi connectivity index (χ3v) is 5.15.